The number of ether oxygens (including phenoxy) is 3. The first kappa shape index (κ1) is 29.0. The fourth-order valence-electron chi connectivity index (χ4n) is 3.96. The number of hydrogen-bond acceptors (Lipinski definition) is 6. The van der Waals surface area contributed by atoms with Gasteiger partial charge in [0.25, 0.3) is 11.5 Å². The van der Waals surface area contributed by atoms with E-state index < -0.39 is 11.3 Å². The minimum atomic E-state index is -0.638. The summed E-state index contributed by atoms with van der Waals surface area (Å²) >= 11 is 6.07. The Morgan fingerprint density at radius 2 is 1.76 bits per heavy atom. The Hall–Kier alpha value is -3.60. The molecule has 3 rings (SSSR count). The lowest BCUT2D eigenvalue weighted by Gasteiger charge is -2.24. The molecule has 1 heterocycles. The summed E-state index contributed by atoms with van der Waals surface area (Å²) in [6.45, 7) is 3.98. The highest BCUT2D eigenvalue weighted by Crippen LogP contribution is 2.25. The summed E-state index contributed by atoms with van der Waals surface area (Å²) in [6, 6.07) is 13.8. The standard InChI is InChI=1S/C27H33ClN4O6/c1-27(2,16-29-25(34)20-13-18(28)11-12-22(20)38-17-37-5)14-23(33)30-24-21(15-36-4)31(3)32(26(24)35)19-9-7-6-8-10-19/h6-13H,14-17H2,1-5H3,(H,29,34)(H,30,33). The highest BCUT2D eigenvalue weighted by Gasteiger charge is 2.27. The molecule has 0 aliphatic heterocycles. The summed E-state index contributed by atoms with van der Waals surface area (Å²) in [7, 11) is 4.74. The number of carbonyl (C=O) groups excluding carboxylic acids is 2. The number of aromatic nitrogens is 2. The van der Waals surface area contributed by atoms with Crippen LogP contribution < -0.4 is 20.9 Å². The minimum absolute atomic E-state index is 0.0237. The van der Waals surface area contributed by atoms with Crippen molar-refractivity contribution in [2.75, 3.05) is 32.9 Å². The summed E-state index contributed by atoms with van der Waals surface area (Å²) in [5, 5.41) is 6.00. The van der Waals surface area contributed by atoms with E-state index in [9.17, 15) is 14.4 Å². The Bertz CT molecular complexity index is 1330. The molecule has 11 heteroatoms. The van der Waals surface area contributed by atoms with Crippen LogP contribution in [0.1, 0.15) is 36.3 Å². The molecule has 38 heavy (non-hydrogen) atoms. The molecule has 0 atom stereocenters. The van der Waals surface area contributed by atoms with Gasteiger partial charge in [-0.3, -0.25) is 19.1 Å². The van der Waals surface area contributed by atoms with Crippen molar-refractivity contribution in [1.29, 1.82) is 0 Å². The number of amides is 2. The topological polar surface area (TPSA) is 113 Å². The number of benzene rings is 2. The van der Waals surface area contributed by atoms with Crippen LogP contribution in [-0.4, -0.2) is 48.7 Å². The highest BCUT2D eigenvalue weighted by atomic mass is 35.5. The predicted octanol–water partition coefficient (Wildman–Crippen LogP) is 3.74. The van der Waals surface area contributed by atoms with Gasteiger partial charge in [0, 0.05) is 39.3 Å². The summed E-state index contributed by atoms with van der Waals surface area (Å²) in [5.41, 5.74) is 0.600. The number of hydrogen-bond donors (Lipinski definition) is 2. The van der Waals surface area contributed by atoms with Crippen LogP contribution in [0, 0.1) is 5.41 Å². The number of anilines is 1. The van der Waals surface area contributed by atoms with Gasteiger partial charge in [0.1, 0.15) is 11.4 Å². The number of methoxy groups -OCH3 is 2. The molecule has 0 aliphatic rings. The van der Waals surface area contributed by atoms with Crippen molar-refractivity contribution in [3.05, 3.63) is 75.2 Å². The number of halogens is 1. The maximum absolute atomic E-state index is 13.3. The van der Waals surface area contributed by atoms with Crippen LogP contribution >= 0.6 is 11.6 Å². The number of para-hydroxylation sites is 1. The van der Waals surface area contributed by atoms with Gasteiger partial charge in [-0.05, 0) is 35.7 Å². The molecule has 0 fully saturated rings. The lowest BCUT2D eigenvalue weighted by atomic mass is 9.88. The zero-order chi connectivity index (χ0) is 27.9. The zero-order valence-electron chi connectivity index (χ0n) is 22.2. The van der Waals surface area contributed by atoms with Crippen molar-refractivity contribution < 1.29 is 23.8 Å². The van der Waals surface area contributed by atoms with E-state index in [1.807, 2.05) is 32.0 Å². The second-order valence-electron chi connectivity index (χ2n) is 9.49. The van der Waals surface area contributed by atoms with Gasteiger partial charge in [-0.2, -0.15) is 0 Å². The van der Waals surface area contributed by atoms with Crippen molar-refractivity contribution in [2.24, 2.45) is 12.5 Å². The zero-order valence-corrected chi connectivity index (χ0v) is 22.9. The minimum Gasteiger partial charge on any atom is -0.467 e. The Labute approximate surface area is 226 Å². The van der Waals surface area contributed by atoms with Gasteiger partial charge in [-0.1, -0.05) is 43.6 Å². The molecule has 2 N–H and O–H groups in total. The van der Waals surface area contributed by atoms with E-state index in [4.69, 9.17) is 25.8 Å². The molecule has 0 unspecified atom stereocenters. The number of carbonyl (C=O) groups is 2. The quantitative estimate of drug-likeness (QED) is 0.336. The van der Waals surface area contributed by atoms with Gasteiger partial charge in [-0.15, -0.1) is 0 Å². The van der Waals surface area contributed by atoms with Crippen molar-refractivity contribution in [3.8, 4) is 11.4 Å². The fourth-order valence-corrected chi connectivity index (χ4v) is 4.13. The molecule has 2 amide bonds. The maximum Gasteiger partial charge on any atom is 0.295 e. The summed E-state index contributed by atoms with van der Waals surface area (Å²) in [6.07, 6.45) is 0.0436. The fraction of sp³-hybridized carbons (Fsp3) is 0.370. The lowest BCUT2D eigenvalue weighted by molar-refractivity contribution is -0.118. The molecule has 0 saturated heterocycles. The SMILES string of the molecule is COCOc1ccc(Cl)cc1C(=O)NCC(C)(C)CC(=O)Nc1c(COC)n(C)n(-c2ccccc2)c1=O. The third kappa shape index (κ3) is 7.03. The lowest BCUT2D eigenvalue weighted by Crippen LogP contribution is -2.37. The molecular formula is C27H33ClN4O6. The highest BCUT2D eigenvalue weighted by molar-refractivity contribution is 6.31. The van der Waals surface area contributed by atoms with Gasteiger partial charge in [0.15, 0.2) is 6.79 Å². The van der Waals surface area contributed by atoms with Crippen LogP contribution in [0.4, 0.5) is 5.69 Å². The van der Waals surface area contributed by atoms with Crippen LogP contribution in [0.25, 0.3) is 5.69 Å². The Balaban J connectivity index is 1.72. The van der Waals surface area contributed by atoms with E-state index >= 15 is 0 Å². The second-order valence-corrected chi connectivity index (χ2v) is 9.93. The van der Waals surface area contributed by atoms with Crippen LogP contribution in [0.15, 0.2) is 53.3 Å². The number of rotatable bonds is 12. The summed E-state index contributed by atoms with van der Waals surface area (Å²) < 4.78 is 18.8. The maximum atomic E-state index is 13.3. The third-order valence-corrected chi connectivity index (χ3v) is 6.05. The monoisotopic (exact) mass is 544 g/mol. The first-order valence-corrected chi connectivity index (χ1v) is 12.3. The van der Waals surface area contributed by atoms with Gasteiger partial charge < -0.3 is 24.8 Å². The van der Waals surface area contributed by atoms with Crippen LogP contribution in [0.2, 0.25) is 5.02 Å². The molecule has 2 aromatic carbocycles. The first-order valence-electron chi connectivity index (χ1n) is 11.9. The van der Waals surface area contributed by atoms with Crippen LogP contribution in [-0.2, 0) is 27.9 Å². The summed E-state index contributed by atoms with van der Waals surface area (Å²) in [5.74, 6) is -0.437. The van der Waals surface area contributed by atoms with Gasteiger partial charge in [0.2, 0.25) is 5.91 Å². The third-order valence-electron chi connectivity index (χ3n) is 5.82. The van der Waals surface area contributed by atoms with Crippen LogP contribution in [0.5, 0.6) is 5.75 Å². The van der Waals surface area contributed by atoms with Crippen LogP contribution in [0.3, 0.4) is 0 Å². The van der Waals surface area contributed by atoms with Gasteiger partial charge >= 0.3 is 0 Å². The molecule has 0 spiro atoms. The average Bonchev–Trinajstić information content (AvgIpc) is 3.10. The summed E-state index contributed by atoms with van der Waals surface area (Å²) in [4.78, 5) is 39.2. The Kier molecular flexibility index (Phi) is 9.73. The van der Waals surface area contributed by atoms with Crippen molar-refractivity contribution in [2.45, 2.75) is 26.9 Å². The largest absolute Gasteiger partial charge is 0.467 e. The molecular weight excluding hydrogens is 512 g/mol. The van der Waals surface area contributed by atoms with E-state index in [1.54, 1.807) is 36.0 Å². The molecule has 0 bridgehead atoms. The molecule has 1 aromatic heterocycles. The van der Waals surface area contributed by atoms with Gasteiger partial charge in [0.05, 0.1) is 23.6 Å². The normalized spacial score (nSPS) is 11.3. The van der Waals surface area contributed by atoms with E-state index in [2.05, 4.69) is 10.6 Å². The van der Waals surface area contributed by atoms with E-state index in [0.717, 1.165) is 0 Å². The smallest absolute Gasteiger partial charge is 0.295 e. The Morgan fingerprint density at radius 3 is 2.42 bits per heavy atom. The van der Waals surface area contributed by atoms with Crippen molar-refractivity contribution in [3.63, 3.8) is 0 Å². The van der Waals surface area contributed by atoms with Crippen molar-refractivity contribution >= 4 is 29.1 Å². The van der Waals surface area contributed by atoms with Gasteiger partial charge in [-0.25, -0.2) is 4.68 Å². The first-order chi connectivity index (χ1) is 18.1. The molecule has 10 nitrogen and oxygen atoms in total. The Morgan fingerprint density at radius 1 is 1.05 bits per heavy atom. The number of nitrogens with zero attached hydrogens (tertiary/aromatic N) is 2. The predicted molar refractivity (Wildman–Crippen MR) is 145 cm³/mol. The van der Waals surface area contributed by atoms with E-state index in [-0.39, 0.29) is 49.1 Å². The molecule has 204 valence electrons. The molecule has 0 saturated carbocycles. The second kappa shape index (κ2) is 12.8. The van der Waals surface area contributed by atoms with E-state index in [0.29, 0.717) is 22.2 Å². The molecule has 3 aromatic rings. The molecule has 0 radical (unpaired) electrons. The number of nitrogens with one attached hydrogen (secondary N) is 2. The molecule has 0 aliphatic carbocycles. The van der Waals surface area contributed by atoms with E-state index in [1.165, 1.54) is 25.0 Å². The van der Waals surface area contributed by atoms with Crippen molar-refractivity contribution in [1.82, 2.24) is 14.7 Å². The average molecular weight is 545 g/mol.